The van der Waals surface area contributed by atoms with E-state index in [4.69, 9.17) is 4.74 Å². The third kappa shape index (κ3) is 8.19. The Hall–Kier alpha value is -0.630. The predicted molar refractivity (Wildman–Crippen MR) is 124 cm³/mol. The summed E-state index contributed by atoms with van der Waals surface area (Å²) < 4.78 is 6.31. The molecule has 0 aromatic carbocycles. The predicted octanol–water partition coefficient (Wildman–Crippen LogP) is 6.96. The van der Waals surface area contributed by atoms with Gasteiger partial charge in [0.2, 0.25) is 5.85 Å². The molecule has 1 aliphatic rings. The van der Waals surface area contributed by atoms with E-state index in [-0.39, 0.29) is 11.8 Å². The molecule has 0 aromatic rings. The Bertz CT molecular complexity index is 458. The number of ether oxygens (including phenoxy) is 1. The SMILES string of the molecule is CCCC[P+](CCCC)(CCCC)C(CCC)OC(=O)C1CCCCC1C(=O)O. The van der Waals surface area contributed by atoms with Crippen molar-refractivity contribution >= 4 is 19.2 Å². The van der Waals surface area contributed by atoms with E-state index >= 15 is 0 Å². The highest BCUT2D eigenvalue weighted by atomic mass is 31.2. The maximum atomic E-state index is 13.2. The third-order valence-corrected chi connectivity index (χ3v) is 11.9. The summed E-state index contributed by atoms with van der Waals surface area (Å²) in [6.45, 7) is 8.91. The number of carbonyl (C=O) groups excluding carboxylic acids is 1. The first-order valence-corrected chi connectivity index (χ1v) is 14.7. The first-order valence-electron chi connectivity index (χ1n) is 12.2. The molecule has 0 aromatic heterocycles. The van der Waals surface area contributed by atoms with Crippen LogP contribution in [0, 0.1) is 11.8 Å². The van der Waals surface area contributed by atoms with Gasteiger partial charge >= 0.3 is 11.9 Å². The summed E-state index contributed by atoms with van der Waals surface area (Å²) in [4.78, 5) is 24.9. The normalized spacial score (nSPS) is 21.0. The fourth-order valence-corrected chi connectivity index (χ4v) is 10.3. The van der Waals surface area contributed by atoms with Crippen molar-refractivity contribution in [2.75, 3.05) is 18.5 Å². The first-order chi connectivity index (χ1) is 14.0. The number of unbranched alkanes of at least 4 members (excludes halogenated alkanes) is 3. The number of aliphatic carboxylic acids is 1. The minimum atomic E-state index is -1.41. The lowest BCUT2D eigenvalue weighted by Gasteiger charge is -2.36. The van der Waals surface area contributed by atoms with Gasteiger partial charge in [-0.1, -0.05) is 59.8 Å². The van der Waals surface area contributed by atoms with Crippen LogP contribution in [0.1, 0.15) is 105 Å². The van der Waals surface area contributed by atoms with Crippen molar-refractivity contribution in [3.05, 3.63) is 0 Å². The lowest BCUT2D eigenvalue weighted by molar-refractivity contribution is -0.161. The first kappa shape index (κ1) is 26.4. The highest BCUT2D eigenvalue weighted by molar-refractivity contribution is 7.76. The van der Waals surface area contributed by atoms with Gasteiger partial charge in [-0.15, -0.1) is 0 Å². The van der Waals surface area contributed by atoms with Crippen LogP contribution < -0.4 is 0 Å². The topological polar surface area (TPSA) is 63.6 Å². The van der Waals surface area contributed by atoms with Gasteiger partial charge in [0.15, 0.2) is 0 Å². The lowest BCUT2D eigenvalue weighted by Crippen LogP contribution is -2.37. The highest BCUT2D eigenvalue weighted by Gasteiger charge is 2.47. The number of rotatable bonds is 15. The molecule has 0 bridgehead atoms. The molecule has 0 saturated heterocycles. The summed E-state index contributed by atoms with van der Waals surface area (Å²) in [6.07, 6.45) is 15.9. The molecular formula is C24H46O4P+. The molecule has 0 spiro atoms. The van der Waals surface area contributed by atoms with E-state index in [1.54, 1.807) is 0 Å². The highest BCUT2D eigenvalue weighted by Crippen LogP contribution is 2.66. The van der Waals surface area contributed by atoms with E-state index in [0.717, 1.165) is 25.7 Å². The lowest BCUT2D eigenvalue weighted by atomic mass is 9.79. The van der Waals surface area contributed by atoms with Crippen molar-refractivity contribution in [2.24, 2.45) is 11.8 Å². The minimum absolute atomic E-state index is 0.0287. The Morgan fingerprint density at radius 2 is 1.34 bits per heavy atom. The summed E-state index contributed by atoms with van der Waals surface area (Å²) in [7, 11) is -1.41. The molecule has 4 nitrogen and oxygen atoms in total. The van der Waals surface area contributed by atoms with Gasteiger partial charge in [-0.3, -0.25) is 9.59 Å². The van der Waals surface area contributed by atoms with E-state index in [9.17, 15) is 14.7 Å². The Morgan fingerprint density at radius 1 is 0.862 bits per heavy atom. The summed E-state index contributed by atoms with van der Waals surface area (Å²) in [6, 6.07) is 0. The van der Waals surface area contributed by atoms with Gasteiger partial charge in [-0.25, -0.2) is 0 Å². The molecule has 0 aliphatic heterocycles. The van der Waals surface area contributed by atoms with Crippen LogP contribution in [0.4, 0.5) is 0 Å². The number of esters is 1. The van der Waals surface area contributed by atoms with Gasteiger partial charge in [0, 0.05) is 6.42 Å². The fraction of sp³-hybridized carbons (Fsp3) is 0.917. The van der Waals surface area contributed by atoms with Gasteiger partial charge < -0.3 is 9.84 Å². The second-order valence-corrected chi connectivity index (χ2v) is 13.3. The summed E-state index contributed by atoms with van der Waals surface area (Å²) in [5.41, 5.74) is 0. The zero-order valence-electron chi connectivity index (χ0n) is 19.5. The van der Waals surface area contributed by atoms with Crippen molar-refractivity contribution in [3.8, 4) is 0 Å². The zero-order chi connectivity index (χ0) is 21.7. The van der Waals surface area contributed by atoms with Gasteiger partial charge in [0.05, 0.1) is 37.6 Å². The van der Waals surface area contributed by atoms with Gasteiger partial charge in [0.1, 0.15) is 0 Å². The fourth-order valence-electron chi connectivity index (χ4n) is 4.81. The van der Waals surface area contributed by atoms with Crippen LogP contribution in [0.3, 0.4) is 0 Å². The standard InChI is InChI=1S/C24H45O4P/c1-5-9-17-29(18-10-6-2,19-11-7-3)22(14-8-4)28-24(27)21-16-13-12-15-20(21)23(25)26/h20-22H,5-19H2,1-4H3/p+1. The van der Waals surface area contributed by atoms with Crippen LogP contribution in [0.2, 0.25) is 0 Å². The van der Waals surface area contributed by atoms with Gasteiger partial charge in [-0.05, 0) is 38.5 Å². The average Bonchev–Trinajstić information content (AvgIpc) is 2.73. The van der Waals surface area contributed by atoms with E-state index < -0.39 is 25.1 Å². The molecule has 0 heterocycles. The number of hydrogen-bond donors (Lipinski definition) is 1. The molecule has 3 unspecified atom stereocenters. The molecule has 1 rings (SSSR count). The van der Waals surface area contributed by atoms with E-state index in [0.29, 0.717) is 12.8 Å². The van der Waals surface area contributed by atoms with Gasteiger partial charge in [0.25, 0.3) is 0 Å². The molecule has 1 aliphatic carbocycles. The maximum absolute atomic E-state index is 13.2. The summed E-state index contributed by atoms with van der Waals surface area (Å²) >= 11 is 0. The maximum Gasteiger partial charge on any atom is 0.312 e. The molecule has 0 radical (unpaired) electrons. The number of carbonyl (C=O) groups is 2. The monoisotopic (exact) mass is 429 g/mol. The molecular weight excluding hydrogens is 383 g/mol. The molecule has 1 N–H and O–H groups in total. The van der Waals surface area contributed by atoms with Crippen LogP contribution in [0.25, 0.3) is 0 Å². The molecule has 3 atom stereocenters. The van der Waals surface area contributed by atoms with Crippen LogP contribution in [0.5, 0.6) is 0 Å². The van der Waals surface area contributed by atoms with Crippen molar-refractivity contribution in [2.45, 2.75) is 111 Å². The van der Waals surface area contributed by atoms with Crippen molar-refractivity contribution in [1.82, 2.24) is 0 Å². The number of hydrogen-bond acceptors (Lipinski definition) is 3. The average molecular weight is 430 g/mol. The largest absolute Gasteiger partial charge is 0.481 e. The molecule has 1 saturated carbocycles. The number of carboxylic acid groups (broad SMARTS) is 1. The molecule has 29 heavy (non-hydrogen) atoms. The Labute approximate surface area is 179 Å². The molecule has 1 fully saturated rings. The Kier molecular flexibility index (Phi) is 13.1. The van der Waals surface area contributed by atoms with Crippen LogP contribution in [-0.2, 0) is 14.3 Å². The van der Waals surface area contributed by atoms with Gasteiger partial charge in [-0.2, -0.15) is 0 Å². The van der Waals surface area contributed by atoms with Crippen LogP contribution in [0.15, 0.2) is 0 Å². The number of carboxylic acids is 1. The molecule has 0 amide bonds. The van der Waals surface area contributed by atoms with Crippen LogP contribution >= 0.6 is 7.26 Å². The van der Waals surface area contributed by atoms with E-state index in [1.165, 1.54) is 57.0 Å². The quantitative estimate of drug-likeness (QED) is 0.226. The second-order valence-electron chi connectivity index (χ2n) is 8.97. The second kappa shape index (κ2) is 14.4. The van der Waals surface area contributed by atoms with Crippen molar-refractivity contribution < 1.29 is 19.4 Å². The minimum Gasteiger partial charge on any atom is -0.481 e. The third-order valence-electron chi connectivity index (χ3n) is 6.66. The molecule has 170 valence electrons. The van der Waals surface area contributed by atoms with E-state index in [1.807, 2.05) is 0 Å². The smallest absolute Gasteiger partial charge is 0.312 e. The van der Waals surface area contributed by atoms with Crippen molar-refractivity contribution in [1.29, 1.82) is 0 Å². The van der Waals surface area contributed by atoms with Crippen molar-refractivity contribution in [3.63, 3.8) is 0 Å². The zero-order valence-corrected chi connectivity index (χ0v) is 20.4. The summed E-state index contributed by atoms with van der Waals surface area (Å²) in [5.74, 6) is -2.03. The Morgan fingerprint density at radius 3 is 1.76 bits per heavy atom. The van der Waals surface area contributed by atoms with Crippen LogP contribution in [-0.4, -0.2) is 41.4 Å². The summed E-state index contributed by atoms with van der Waals surface area (Å²) in [5, 5.41) is 9.60. The Balaban J connectivity index is 3.09. The van der Waals surface area contributed by atoms with E-state index in [2.05, 4.69) is 27.7 Å². The molecule has 5 heteroatoms.